The topological polar surface area (TPSA) is 83.5 Å². The number of hydrogen-bond donors (Lipinski definition) is 1. The zero-order chi connectivity index (χ0) is 43.1. The second-order valence-corrected chi connectivity index (χ2v) is 21.7. The van der Waals surface area contributed by atoms with Crippen LogP contribution in [0.2, 0.25) is 0 Å². The number of ether oxygens (including phenoxy) is 5. The van der Waals surface area contributed by atoms with Gasteiger partial charge in [0.15, 0.2) is 17.3 Å². The first kappa shape index (κ1) is 43.2. The number of methoxy groups -OCH3 is 2. The van der Waals surface area contributed by atoms with Crippen LogP contribution in [0.5, 0.6) is 28.7 Å². The minimum absolute atomic E-state index is 0.0452. The third-order valence-corrected chi connectivity index (χ3v) is 17.7. The molecule has 3 heterocycles. The Morgan fingerprint density at radius 3 is 2.33 bits per heavy atom. The van der Waals surface area contributed by atoms with Crippen LogP contribution >= 0.6 is 0 Å². The van der Waals surface area contributed by atoms with Crippen molar-refractivity contribution in [3.63, 3.8) is 0 Å². The number of benzene rings is 2. The molecular weight excluding hydrogens is 749 g/mol. The SMILES string of the molecule is CC(C)=CCCC(C)C1CCC2(C)C3=C(CCC12C)C1(C)CCC(O)C(C)(C)C1CC3.COc1cc2c(cc1OC)C1C(=O)c3ccc4c(c3OC1CO2)CC(C(C)C)O4. The standard InChI is InChI=1S/C30H50O.C23H24O6/c1-20(2)10-9-11-21(3)22-14-18-30(8)24-12-13-25-27(4,5)26(31)16-17-28(25,6)23(24)15-19-29(22,30)7;1-11(2)16-8-14-15(28-16)6-5-12-22(24)21-13-7-18(25-3)19(26-4)9-17(13)27-10-20(21)29-23(12)14/h10,21-22,25-26,31H,9,11-19H2,1-8H3;5-7,9,11,16,20-21H,8,10H2,1-4H3. The lowest BCUT2D eigenvalue weighted by Gasteiger charge is -2.62. The Balaban J connectivity index is 0.000000167. The van der Waals surface area contributed by atoms with E-state index in [0.717, 1.165) is 41.6 Å². The monoisotopic (exact) mass is 823 g/mol. The van der Waals surface area contributed by atoms with E-state index in [0.29, 0.717) is 63.2 Å². The molecule has 60 heavy (non-hydrogen) atoms. The highest BCUT2D eigenvalue weighted by Crippen LogP contribution is 2.72. The maximum absolute atomic E-state index is 13.5. The molecule has 2 saturated carbocycles. The number of carbonyl (C=O) groups is 1. The summed E-state index contributed by atoms with van der Waals surface area (Å²) in [6, 6.07) is 7.32. The summed E-state index contributed by atoms with van der Waals surface area (Å²) in [6.07, 6.45) is 15.6. The Morgan fingerprint density at radius 1 is 0.900 bits per heavy atom. The Morgan fingerprint density at radius 2 is 1.63 bits per heavy atom. The molecule has 2 aromatic rings. The number of rotatable bonds is 7. The molecule has 2 fully saturated rings. The van der Waals surface area contributed by atoms with Gasteiger partial charge in [0.2, 0.25) is 0 Å². The molecule has 1 N–H and O–H groups in total. The average molecular weight is 823 g/mol. The molecule has 0 spiro atoms. The van der Waals surface area contributed by atoms with E-state index in [1.807, 2.05) is 29.3 Å². The van der Waals surface area contributed by atoms with Crippen molar-refractivity contribution in [2.24, 2.45) is 45.3 Å². The van der Waals surface area contributed by atoms with Gasteiger partial charge in [0.25, 0.3) is 0 Å². The van der Waals surface area contributed by atoms with E-state index < -0.39 is 5.92 Å². The van der Waals surface area contributed by atoms with Gasteiger partial charge in [0.05, 0.1) is 31.8 Å². The number of ketones is 1. The number of fused-ring (bicyclic) bond motifs is 10. The summed E-state index contributed by atoms with van der Waals surface area (Å²) in [5.74, 6) is 5.56. The van der Waals surface area contributed by atoms with Crippen molar-refractivity contribution in [3.05, 3.63) is 63.8 Å². The highest BCUT2D eigenvalue weighted by atomic mass is 16.5. The molecule has 0 saturated heterocycles. The Kier molecular flexibility index (Phi) is 11.3. The van der Waals surface area contributed by atoms with Crippen molar-refractivity contribution >= 4 is 5.78 Å². The molecule has 10 atom stereocenters. The van der Waals surface area contributed by atoms with Gasteiger partial charge in [0.1, 0.15) is 36.1 Å². The third kappa shape index (κ3) is 6.72. The first-order valence-electron chi connectivity index (χ1n) is 23.4. The van der Waals surface area contributed by atoms with Gasteiger partial charge >= 0.3 is 0 Å². The summed E-state index contributed by atoms with van der Waals surface area (Å²) >= 11 is 0. The summed E-state index contributed by atoms with van der Waals surface area (Å²) in [7, 11) is 3.16. The molecule has 0 amide bonds. The second-order valence-electron chi connectivity index (χ2n) is 21.7. The molecule has 3 aliphatic heterocycles. The zero-order valence-electron chi connectivity index (χ0n) is 38.9. The summed E-state index contributed by atoms with van der Waals surface area (Å²) in [5.41, 5.74) is 8.78. The summed E-state index contributed by atoms with van der Waals surface area (Å²) < 4.78 is 29.2. The van der Waals surface area contributed by atoms with Gasteiger partial charge in [-0.1, -0.05) is 78.2 Å². The molecule has 10 unspecified atom stereocenters. The van der Waals surface area contributed by atoms with Crippen LogP contribution in [0.25, 0.3) is 0 Å². The normalized spacial score (nSPS) is 34.7. The van der Waals surface area contributed by atoms with E-state index in [4.69, 9.17) is 23.7 Å². The van der Waals surface area contributed by atoms with Crippen LogP contribution in [0.15, 0.2) is 47.1 Å². The quantitative estimate of drug-likeness (QED) is 0.278. The van der Waals surface area contributed by atoms with E-state index in [1.54, 1.807) is 20.3 Å². The lowest BCUT2D eigenvalue weighted by molar-refractivity contribution is -0.0962. The van der Waals surface area contributed by atoms with Gasteiger partial charge in [-0.3, -0.25) is 4.79 Å². The van der Waals surface area contributed by atoms with Gasteiger partial charge in [-0.15, -0.1) is 0 Å². The van der Waals surface area contributed by atoms with E-state index in [2.05, 4.69) is 75.3 Å². The first-order chi connectivity index (χ1) is 28.4. The minimum Gasteiger partial charge on any atom is -0.493 e. The van der Waals surface area contributed by atoms with Crippen molar-refractivity contribution in [3.8, 4) is 28.7 Å². The van der Waals surface area contributed by atoms with Gasteiger partial charge in [-0.2, -0.15) is 0 Å². The highest BCUT2D eigenvalue weighted by molar-refractivity contribution is 6.06. The molecule has 0 bridgehead atoms. The molecule has 7 aliphatic rings. The lowest BCUT2D eigenvalue weighted by Crippen LogP contribution is -2.55. The third-order valence-electron chi connectivity index (χ3n) is 17.7. The van der Waals surface area contributed by atoms with E-state index >= 15 is 0 Å². The van der Waals surface area contributed by atoms with Crippen molar-refractivity contribution in [2.45, 2.75) is 164 Å². The predicted octanol–water partition coefficient (Wildman–Crippen LogP) is 12.3. The van der Waals surface area contributed by atoms with Crippen LogP contribution in [-0.4, -0.2) is 50.0 Å². The number of aliphatic hydroxyl groups is 1. The summed E-state index contributed by atoms with van der Waals surface area (Å²) in [5, 5.41) is 10.8. The molecule has 0 aromatic heterocycles. The summed E-state index contributed by atoms with van der Waals surface area (Å²) in [4.78, 5) is 13.5. The van der Waals surface area contributed by atoms with Gasteiger partial charge < -0.3 is 28.8 Å². The minimum atomic E-state index is -0.438. The van der Waals surface area contributed by atoms with Crippen molar-refractivity contribution < 1.29 is 33.6 Å². The number of carbonyl (C=O) groups excluding carboxylic acids is 1. The molecular formula is C53H74O7. The number of hydrogen-bond acceptors (Lipinski definition) is 7. The van der Waals surface area contributed by atoms with E-state index in [1.165, 1.54) is 63.4 Å². The predicted molar refractivity (Wildman–Crippen MR) is 239 cm³/mol. The fraction of sp³-hybridized carbons (Fsp3) is 0.679. The van der Waals surface area contributed by atoms with Gasteiger partial charge in [-0.25, -0.2) is 0 Å². The Hall–Kier alpha value is -3.45. The van der Waals surface area contributed by atoms with E-state index in [9.17, 15) is 9.90 Å². The van der Waals surface area contributed by atoms with Crippen LogP contribution in [0, 0.1) is 45.3 Å². The molecule has 328 valence electrons. The van der Waals surface area contributed by atoms with Gasteiger partial charge in [-0.05, 0) is 142 Å². The smallest absolute Gasteiger partial charge is 0.178 e. The second kappa shape index (κ2) is 15.7. The van der Waals surface area contributed by atoms with Crippen LogP contribution in [0.4, 0.5) is 0 Å². The maximum atomic E-state index is 13.5. The molecule has 4 aliphatic carbocycles. The zero-order valence-corrected chi connectivity index (χ0v) is 38.9. The molecule has 0 radical (unpaired) electrons. The Labute approximate surface area is 361 Å². The largest absolute Gasteiger partial charge is 0.493 e. The highest BCUT2D eigenvalue weighted by Gasteiger charge is 2.63. The molecule has 7 heteroatoms. The van der Waals surface area contributed by atoms with Crippen molar-refractivity contribution in [1.82, 2.24) is 0 Å². The van der Waals surface area contributed by atoms with Crippen molar-refractivity contribution in [2.75, 3.05) is 20.8 Å². The molecule has 7 nitrogen and oxygen atoms in total. The average Bonchev–Trinajstić information content (AvgIpc) is 3.78. The number of allylic oxidation sites excluding steroid dienone is 4. The van der Waals surface area contributed by atoms with E-state index in [-0.39, 0.29) is 29.5 Å². The molecule has 2 aromatic carbocycles. The molecule has 9 rings (SSSR count). The fourth-order valence-corrected chi connectivity index (χ4v) is 13.9. The number of Topliss-reactive ketones (excluding diaryl/α,β-unsaturated/α-hetero) is 1. The van der Waals surface area contributed by atoms with Crippen LogP contribution in [-0.2, 0) is 6.42 Å². The van der Waals surface area contributed by atoms with Crippen LogP contribution in [0.1, 0.15) is 161 Å². The van der Waals surface area contributed by atoms with Crippen LogP contribution < -0.4 is 23.7 Å². The summed E-state index contributed by atoms with van der Waals surface area (Å²) in [6.45, 7) is 24.2. The Bertz CT molecular complexity index is 2050. The fourth-order valence-electron chi connectivity index (χ4n) is 13.9. The number of aliphatic hydroxyl groups excluding tert-OH is 1. The maximum Gasteiger partial charge on any atom is 0.178 e. The first-order valence-corrected chi connectivity index (χ1v) is 23.4. The van der Waals surface area contributed by atoms with Gasteiger partial charge in [0, 0.05) is 23.6 Å². The van der Waals surface area contributed by atoms with Crippen LogP contribution in [0.3, 0.4) is 0 Å². The van der Waals surface area contributed by atoms with Crippen molar-refractivity contribution in [1.29, 1.82) is 0 Å². The lowest BCUT2D eigenvalue weighted by atomic mass is 9.43.